The van der Waals surface area contributed by atoms with Gasteiger partial charge in [0.05, 0.1) is 12.1 Å². The Morgan fingerprint density at radius 1 is 1.28 bits per heavy atom. The van der Waals surface area contributed by atoms with Crippen LogP contribution in [0.25, 0.3) is 0 Å². The van der Waals surface area contributed by atoms with Crippen molar-refractivity contribution in [1.29, 1.82) is 0 Å². The number of likely N-dealkylation sites (N-methyl/N-ethyl adjacent to an activating group) is 1. The molecule has 1 aromatic rings. The Morgan fingerprint density at radius 2 is 1.83 bits per heavy atom. The maximum Gasteiger partial charge on any atom is 0.0631 e. The SMILES string of the molecule is Cc1cc(C)cc(N(C)CC(N)(CO)C2CC2)c1. The number of aryl methyl sites for hydroxylation is 2. The zero-order valence-electron chi connectivity index (χ0n) is 11.6. The average molecular weight is 248 g/mol. The van der Waals surface area contributed by atoms with Crippen molar-refractivity contribution < 1.29 is 5.11 Å². The molecule has 1 aromatic carbocycles. The molecule has 1 atom stereocenters. The Balaban J connectivity index is 2.13. The maximum atomic E-state index is 9.55. The Labute approximate surface area is 110 Å². The van der Waals surface area contributed by atoms with Gasteiger partial charge >= 0.3 is 0 Å². The van der Waals surface area contributed by atoms with Gasteiger partial charge in [-0.05, 0) is 55.9 Å². The van der Waals surface area contributed by atoms with Crippen LogP contribution in [0.5, 0.6) is 0 Å². The lowest BCUT2D eigenvalue weighted by atomic mass is 9.94. The molecule has 2 rings (SSSR count). The molecule has 0 heterocycles. The van der Waals surface area contributed by atoms with Gasteiger partial charge in [0.25, 0.3) is 0 Å². The number of aliphatic hydroxyl groups excluding tert-OH is 1. The molecule has 0 saturated heterocycles. The molecule has 1 unspecified atom stereocenters. The van der Waals surface area contributed by atoms with Crippen LogP contribution < -0.4 is 10.6 Å². The molecule has 0 aliphatic heterocycles. The molecule has 3 nitrogen and oxygen atoms in total. The van der Waals surface area contributed by atoms with Crippen LogP contribution in [-0.4, -0.2) is 30.8 Å². The lowest BCUT2D eigenvalue weighted by Gasteiger charge is -2.33. The summed E-state index contributed by atoms with van der Waals surface area (Å²) in [6.07, 6.45) is 2.30. The first kappa shape index (κ1) is 13.4. The minimum Gasteiger partial charge on any atom is -0.394 e. The molecule has 18 heavy (non-hydrogen) atoms. The van der Waals surface area contributed by atoms with Gasteiger partial charge in [0.1, 0.15) is 0 Å². The van der Waals surface area contributed by atoms with Crippen molar-refractivity contribution >= 4 is 5.69 Å². The molecule has 3 heteroatoms. The molecule has 1 fully saturated rings. The van der Waals surface area contributed by atoms with E-state index in [1.807, 2.05) is 7.05 Å². The minimum absolute atomic E-state index is 0.0623. The molecule has 0 bridgehead atoms. The number of nitrogens with zero attached hydrogens (tertiary/aromatic N) is 1. The monoisotopic (exact) mass is 248 g/mol. The van der Waals surface area contributed by atoms with Gasteiger partial charge in [0.15, 0.2) is 0 Å². The highest BCUT2D eigenvalue weighted by Crippen LogP contribution is 2.38. The van der Waals surface area contributed by atoms with Crippen LogP contribution in [0.1, 0.15) is 24.0 Å². The van der Waals surface area contributed by atoms with Crippen LogP contribution in [-0.2, 0) is 0 Å². The maximum absolute atomic E-state index is 9.55. The fraction of sp³-hybridized carbons (Fsp3) is 0.600. The highest BCUT2D eigenvalue weighted by atomic mass is 16.3. The molecule has 0 amide bonds. The molecular weight excluding hydrogens is 224 g/mol. The molecule has 100 valence electrons. The summed E-state index contributed by atoms with van der Waals surface area (Å²) in [6.45, 7) is 4.98. The van der Waals surface area contributed by atoms with Gasteiger partial charge in [0.2, 0.25) is 0 Å². The summed E-state index contributed by atoms with van der Waals surface area (Å²) in [7, 11) is 2.05. The van der Waals surface area contributed by atoms with Crippen molar-refractivity contribution in [3.05, 3.63) is 29.3 Å². The lowest BCUT2D eigenvalue weighted by Crippen LogP contribution is -2.54. The third-order valence-electron chi connectivity index (χ3n) is 3.86. The molecule has 3 N–H and O–H groups in total. The Morgan fingerprint density at radius 3 is 2.28 bits per heavy atom. The average Bonchev–Trinajstić information content (AvgIpc) is 3.11. The lowest BCUT2D eigenvalue weighted by molar-refractivity contribution is 0.181. The second-order valence-corrected chi connectivity index (χ2v) is 5.87. The predicted molar refractivity (Wildman–Crippen MR) is 75.9 cm³/mol. The summed E-state index contributed by atoms with van der Waals surface area (Å²) in [5.41, 5.74) is 9.57. The fourth-order valence-electron chi connectivity index (χ4n) is 2.67. The molecule has 1 aliphatic rings. The van der Waals surface area contributed by atoms with E-state index in [9.17, 15) is 5.11 Å². The molecule has 0 aromatic heterocycles. The van der Waals surface area contributed by atoms with Gasteiger partial charge in [-0.15, -0.1) is 0 Å². The van der Waals surface area contributed by atoms with Crippen molar-refractivity contribution in [2.45, 2.75) is 32.2 Å². The van der Waals surface area contributed by atoms with Crippen LogP contribution in [0, 0.1) is 19.8 Å². The first-order valence-electron chi connectivity index (χ1n) is 6.64. The van der Waals surface area contributed by atoms with Gasteiger partial charge in [-0.2, -0.15) is 0 Å². The van der Waals surface area contributed by atoms with Crippen molar-refractivity contribution in [3.8, 4) is 0 Å². The van der Waals surface area contributed by atoms with Crippen LogP contribution in [0.3, 0.4) is 0 Å². The number of rotatable bonds is 5. The fourth-order valence-corrected chi connectivity index (χ4v) is 2.67. The molecule has 1 saturated carbocycles. The minimum atomic E-state index is -0.452. The van der Waals surface area contributed by atoms with Gasteiger partial charge in [0, 0.05) is 19.3 Å². The van der Waals surface area contributed by atoms with Crippen molar-refractivity contribution in [1.82, 2.24) is 0 Å². The second kappa shape index (κ2) is 4.90. The van der Waals surface area contributed by atoms with Gasteiger partial charge in [-0.1, -0.05) is 6.07 Å². The molecule has 1 aliphatic carbocycles. The summed E-state index contributed by atoms with van der Waals surface area (Å²) < 4.78 is 0. The largest absolute Gasteiger partial charge is 0.394 e. The van der Waals surface area contributed by atoms with Crippen LogP contribution >= 0.6 is 0 Å². The van der Waals surface area contributed by atoms with E-state index < -0.39 is 5.54 Å². The standard InChI is InChI=1S/C15H24N2O/c1-11-6-12(2)8-14(7-11)17(3)9-15(16,10-18)13-4-5-13/h6-8,13,18H,4-5,9-10,16H2,1-3H3. The Bertz CT molecular complexity index is 408. The zero-order valence-corrected chi connectivity index (χ0v) is 11.6. The summed E-state index contributed by atoms with van der Waals surface area (Å²) in [5, 5.41) is 9.55. The van der Waals surface area contributed by atoms with E-state index in [0.717, 1.165) is 12.8 Å². The van der Waals surface area contributed by atoms with Gasteiger partial charge in [-0.3, -0.25) is 0 Å². The number of aliphatic hydroxyl groups is 1. The summed E-state index contributed by atoms with van der Waals surface area (Å²) in [4.78, 5) is 2.16. The summed E-state index contributed by atoms with van der Waals surface area (Å²) in [5.74, 6) is 0.482. The highest BCUT2D eigenvalue weighted by molar-refractivity contribution is 5.50. The first-order chi connectivity index (χ1) is 8.44. The molecular formula is C15H24N2O. The van der Waals surface area contributed by atoms with Crippen molar-refractivity contribution in [2.75, 3.05) is 25.1 Å². The van der Waals surface area contributed by atoms with Gasteiger partial charge < -0.3 is 15.7 Å². The number of hydrogen-bond acceptors (Lipinski definition) is 3. The molecule has 0 spiro atoms. The third kappa shape index (κ3) is 2.85. The Kier molecular flexibility index (Phi) is 3.64. The predicted octanol–water partition coefficient (Wildman–Crippen LogP) is 1.84. The number of benzene rings is 1. The van der Waals surface area contributed by atoms with E-state index in [0.29, 0.717) is 12.5 Å². The zero-order chi connectivity index (χ0) is 13.3. The van der Waals surface area contributed by atoms with E-state index in [1.54, 1.807) is 0 Å². The van der Waals surface area contributed by atoms with Gasteiger partial charge in [-0.25, -0.2) is 0 Å². The van der Waals surface area contributed by atoms with Crippen molar-refractivity contribution in [3.63, 3.8) is 0 Å². The van der Waals surface area contributed by atoms with E-state index >= 15 is 0 Å². The van der Waals surface area contributed by atoms with Crippen LogP contribution in [0.15, 0.2) is 18.2 Å². The number of anilines is 1. The Hall–Kier alpha value is -1.06. The third-order valence-corrected chi connectivity index (χ3v) is 3.86. The van der Waals surface area contributed by atoms with E-state index in [2.05, 4.69) is 36.9 Å². The number of hydrogen-bond donors (Lipinski definition) is 2. The normalized spacial score (nSPS) is 18.5. The van der Waals surface area contributed by atoms with Crippen molar-refractivity contribution in [2.24, 2.45) is 11.7 Å². The van der Waals surface area contributed by atoms with E-state index in [-0.39, 0.29) is 6.61 Å². The van der Waals surface area contributed by atoms with E-state index in [1.165, 1.54) is 16.8 Å². The summed E-state index contributed by atoms with van der Waals surface area (Å²) in [6, 6.07) is 6.50. The quantitative estimate of drug-likeness (QED) is 0.836. The number of nitrogens with two attached hydrogens (primary N) is 1. The second-order valence-electron chi connectivity index (χ2n) is 5.87. The first-order valence-corrected chi connectivity index (χ1v) is 6.64. The van der Waals surface area contributed by atoms with Crippen LogP contribution in [0.4, 0.5) is 5.69 Å². The van der Waals surface area contributed by atoms with Crippen LogP contribution in [0.2, 0.25) is 0 Å². The highest BCUT2D eigenvalue weighted by Gasteiger charge is 2.42. The topological polar surface area (TPSA) is 49.5 Å². The smallest absolute Gasteiger partial charge is 0.0631 e. The van der Waals surface area contributed by atoms with E-state index in [4.69, 9.17) is 5.73 Å². The summed E-state index contributed by atoms with van der Waals surface area (Å²) >= 11 is 0. The molecule has 0 radical (unpaired) electrons.